The minimum absolute atomic E-state index is 0.147. The Bertz CT molecular complexity index is 1010. The molecule has 8 heteroatoms. The summed E-state index contributed by atoms with van der Waals surface area (Å²) in [4.78, 5) is 22.8. The maximum absolute atomic E-state index is 13.4. The second-order valence-electron chi connectivity index (χ2n) is 6.33. The average molecular weight is 383 g/mol. The summed E-state index contributed by atoms with van der Waals surface area (Å²) in [5.41, 5.74) is 2.09. The van der Waals surface area contributed by atoms with Gasteiger partial charge in [0.05, 0.1) is 0 Å². The smallest absolute Gasteiger partial charge is 0.274 e. The van der Waals surface area contributed by atoms with Crippen LogP contribution in [-0.4, -0.2) is 30.0 Å². The number of amides is 1. The second-order valence-corrected chi connectivity index (χ2v) is 6.33. The highest BCUT2D eigenvalue weighted by molar-refractivity contribution is 6.03. The lowest BCUT2D eigenvalue weighted by Crippen LogP contribution is -2.15. The lowest BCUT2D eigenvalue weighted by Gasteiger charge is -2.13. The number of rotatable bonds is 5. The third-order valence-electron chi connectivity index (χ3n) is 3.90. The van der Waals surface area contributed by atoms with Gasteiger partial charge in [0.15, 0.2) is 11.6 Å². The Kier molecular flexibility index (Phi) is 5.49. The van der Waals surface area contributed by atoms with E-state index in [0.717, 1.165) is 17.8 Å². The largest absolute Gasteiger partial charge is 0.378 e. The molecule has 0 aliphatic carbocycles. The molecule has 6 nitrogen and oxygen atoms in total. The average Bonchev–Trinajstić information content (AvgIpc) is 2.64. The van der Waals surface area contributed by atoms with E-state index in [1.54, 1.807) is 19.1 Å². The Morgan fingerprint density at radius 1 is 0.929 bits per heavy atom. The molecule has 0 spiro atoms. The minimum atomic E-state index is -0.977. The third kappa shape index (κ3) is 4.59. The first-order chi connectivity index (χ1) is 13.3. The Balaban J connectivity index is 1.78. The van der Waals surface area contributed by atoms with Gasteiger partial charge in [-0.2, -0.15) is 0 Å². The molecule has 2 aromatic carbocycles. The number of nitrogens with one attached hydrogen (secondary N) is 2. The van der Waals surface area contributed by atoms with E-state index >= 15 is 0 Å². The van der Waals surface area contributed by atoms with Crippen LogP contribution in [-0.2, 0) is 0 Å². The van der Waals surface area contributed by atoms with Crippen LogP contribution in [0.2, 0.25) is 0 Å². The Morgan fingerprint density at radius 2 is 1.61 bits per heavy atom. The lowest BCUT2D eigenvalue weighted by atomic mass is 10.2. The first-order valence-corrected chi connectivity index (χ1v) is 8.48. The summed E-state index contributed by atoms with van der Waals surface area (Å²) in [6.45, 7) is 1.64. The molecule has 0 aliphatic rings. The number of halogens is 2. The van der Waals surface area contributed by atoms with Gasteiger partial charge in [-0.25, -0.2) is 18.7 Å². The van der Waals surface area contributed by atoms with Gasteiger partial charge in [0.1, 0.15) is 17.3 Å². The van der Waals surface area contributed by atoms with Crippen LogP contribution in [0.3, 0.4) is 0 Å². The SMILES string of the molecule is Cc1nc(Nc2ccc(F)c(F)c2)cc(C(=O)Nc2ccc(N(C)C)cc2)n1. The van der Waals surface area contributed by atoms with Crippen molar-refractivity contribution >= 4 is 28.8 Å². The summed E-state index contributed by atoms with van der Waals surface area (Å²) in [6, 6.07) is 12.2. The predicted molar refractivity (Wildman–Crippen MR) is 105 cm³/mol. The van der Waals surface area contributed by atoms with E-state index in [9.17, 15) is 13.6 Å². The van der Waals surface area contributed by atoms with Gasteiger partial charge in [-0.3, -0.25) is 4.79 Å². The van der Waals surface area contributed by atoms with Crippen molar-refractivity contribution in [2.24, 2.45) is 0 Å². The van der Waals surface area contributed by atoms with E-state index in [1.165, 1.54) is 12.1 Å². The molecule has 0 unspecified atom stereocenters. The van der Waals surface area contributed by atoms with Gasteiger partial charge in [-0.1, -0.05) is 0 Å². The molecule has 1 aromatic heterocycles. The first-order valence-electron chi connectivity index (χ1n) is 8.48. The molecule has 1 amide bonds. The molecule has 2 N–H and O–H groups in total. The van der Waals surface area contributed by atoms with Crippen LogP contribution >= 0.6 is 0 Å². The van der Waals surface area contributed by atoms with Crippen molar-refractivity contribution in [3.63, 3.8) is 0 Å². The summed E-state index contributed by atoms with van der Waals surface area (Å²) < 4.78 is 26.4. The number of carbonyl (C=O) groups excluding carboxylic acids is 1. The Hall–Kier alpha value is -3.55. The number of hydrogen-bond acceptors (Lipinski definition) is 5. The van der Waals surface area contributed by atoms with Gasteiger partial charge >= 0.3 is 0 Å². The summed E-state index contributed by atoms with van der Waals surface area (Å²) in [6.07, 6.45) is 0. The number of hydrogen-bond donors (Lipinski definition) is 2. The summed E-state index contributed by atoms with van der Waals surface area (Å²) in [5, 5.41) is 5.62. The van der Waals surface area contributed by atoms with Crippen molar-refractivity contribution in [3.8, 4) is 0 Å². The first kappa shape index (κ1) is 19.2. The fourth-order valence-corrected chi connectivity index (χ4v) is 2.51. The van der Waals surface area contributed by atoms with Crippen molar-refractivity contribution < 1.29 is 13.6 Å². The van der Waals surface area contributed by atoms with Crippen LogP contribution in [0.5, 0.6) is 0 Å². The summed E-state index contributed by atoms with van der Waals surface area (Å²) in [7, 11) is 3.86. The van der Waals surface area contributed by atoms with E-state index in [-0.39, 0.29) is 5.69 Å². The molecule has 0 saturated carbocycles. The zero-order valence-corrected chi connectivity index (χ0v) is 15.6. The molecular weight excluding hydrogens is 364 g/mol. The summed E-state index contributed by atoms with van der Waals surface area (Å²) in [5.74, 6) is -1.66. The van der Waals surface area contributed by atoms with E-state index < -0.39 is 17.5 Å². The van der Waals surface area contributed by atoms with Crippen molar-refractivity contribution in [1.82, 2.24) is 9.97 Å². The van der Waals surface area contributed by atoms with E-state index in [4.69, 9.17) is 0 Å². The van der Waals surface area contributed by atoms with Crippen molar-refractivity contribution in [3.05, 3.63) is 71.7 Å². The normalized spacial score (nSPS) is 10.5. The number of anilines is 4. The topological polar surface area (TPSA) is 70.2 Å². The molecule has 28 heavy (non-hydrogen) atoms. The Labute approximate surface area is 161 Å². The van der Waals surface area contributed by atoms with Crippen LogP contribution in [0.25, 0.3) is 0 Å². The molecule has 1 heterocycles. The zero-order chi connectivity index (χ0) is 20.3. The second kappa shape index (κ2) is 7.99. The minimum Gasteiger partial charge on any atom is -0.378 e. The highest BCUT2D eigenvalue weighted by Crippen LogP contribution is 2.20. The molecule has 0 bridgehead atoms. The van der Waals surface area contributed by atoms with Crippen molar-refractivity contribution in [1.29, 1.82) is 0 Å². The maximum atomic E-state index is 13.4. The van der Waals surface area contributed by atoms with Gasteiger partial charge in [0.2, 0.25) is 0 Å². The van der Waals surface area contributed by atoms with E-state index in [0.29, 0.717) is 23.0 Å². The lowest BCUT2D eigenvalue weighted by molar-refractivity contribution is 0.102. The fraction of sp³-hybridized carbons (Fsp3) is 0.150. The van der Waals surface area contributed by atoms with Crippen LogP contribution in [0.4, 0.5) is 31.7 Å². The van der Waals surface area contributed by atoms with Crippen molar-refractivity contribution in [2.45, 2.75) is 6.92 Å². The summed E-state index contributed by atoms with van der Waals surface area (Å²) >= 11 is 0. The van der Waals surface area contributed by atoms with Crippen LogP contribution in [0, 0.1) is 18.6 Å². The van der Waals surface area contributed by atoms with Crippen molar-refractivity contribution in [2.75, 3.05) is 29.6 Å². The van der Waals surface area contributed by atoms with Gasteiger partial charge in [-0.05, 0) is 43.3 Å². The maximum Gasteiger partial charge on any atom is 0.274 e. The molecule has 3 aromatic rings. The monoisotopic (exact) mass is 383 g/mol. The van der Waals surface area contributed by atoms with Gasteiger partial charge in [0.25, 0.3) is 5.91 Å². The quantitative estimate of drug-likeness (QED) is 0.693. The molecule has 0 saturated heterocycles. The number of carbonyl (C=O) groups is 1. The molecular formula is C20H19F2N5O. The van der Waals surface area contributed by atoms with Crippen LogP contribution < -0.4 is 15.5 Å². The third-order valence-corrected chi connectivity index (χ3v) is 3.90. The van der Waals surface area contributed by atoms with E-state index in [1.807, 2.05) is 31.1 Å². The van der Waals surface area contributed by atoms with E-state index in [2.05, 4.69) is 20.6 Å². The number of aryl methyl sites for hydroxylation is 1. The van der Waals surface area contributed by atoms with Gasteiger partial charge in [0, 0.05) is 43.3 Å². The molecule has 0 fully saturated rings. The van der Waals surface area contributed by atoms with Crippen LogP contribution in [0.15, 0.2) is 48.5 Å². The van der Waals surface area contributed by atoms with Crippen LogP contribution in [0.1, 0.15) is 16.3 Å². The number of benzene rings is 2. The number of aromatic nitrogens is 2. The fourth-order valence-electron chi connectivity index (χ4n) is 2.51. The standard InChI is InChI=1S/C20H19F2N5O/c1-12-23-18(20(28)26-13-4-7-15(8-5-13)27(2)3)11-19(24-12)25-14-6-9-16(21)17(22)10-14/h4-11H,1-3H3,(H,26,28)(H,23,24,25). The Morgan fingerprint density at radius 3 is 2.25 bits per heavy atom. The highest BCUT2D eigenvalue weighted by Gasteiger charge is 2.12. The molecule has 3 rings (SSSR count). The molecule has 0 radical (unpaired) electrons. The number of nitrogens with zero attached hydrogens (tertiary/aromatic N) is 3. The molecule has 0 aliphatic heterocycles. The highest BCUT2D eigenvalue weighted by atomic mass is 19.2. The molecule has 0 atom stereocenters. The van der Waals surface area contributed by atoms with Gasteiger partial charge in [-0.15, -0.1) is 0 Å². The molecule has 144 valence electrons. The van der Waals surface area contributed by atoms with Gasteiger partial charge < -0.3 is 15.5 Å². The zero-order valence-electron chi connectivity index (χ0n) is 15.6. The predicted octanol–water partition coefficient (Wildman–Crippen LogP) is 4.13.